The summed E-state index contributed by atoms with van der Waals surface area (Å²) in [4.78, 5) is 2.45. The average molecular weight is 692 g/mol. The van der Waals surface area contributed by atoms with Crippen LogP contribution in [0.15, 0.2) is 192 Å². The Bertz CT molecular complexity index is 2880. The maximum absolute atomic E-state index is 6.33. The lowest BCUT2D eigenvalue weighted by molar-refractivity contribution is 0.660. The van der Waals surface area contributed by atoms with Crippen molar-refractivity contribution < 1.29 is 4.42 Å². The third kappa shape index (κ3) is 4.22. The Morgan fingerprint density at radius 3 is 1.56 bits per heavy atom. The van der Waals surface area contributed by atoms with E-state index >= 15 is 0 Å². The summed E-state index contributed by atoms with van der Waals surface area (Å²) in [6, 6.07) is 69.1. The first kappa shape index (κ1) is 30.9. The van der Waals surface area contributed by atoms with Gasteiger partial charge in [0, 0.05) is 33.2 Å². The van der Waals surface area contributed by atoms with Crippen molar-refractivity contribution in [1.82, 2.24) is 0 Å². The van der Waals surface area contributed by atoms with Crippen LogP contribution in [-0.4, -0.2) is 0 Å². The largest absolute Gasteiger partial charge is 0.456 e. The Kier molecular flexibility index (Phi) is 6.55. The van der Waals surface area contributed by atoms with Crippen molar-refractivity contribution in [2.75, 3.05) is 4.90 Å². The standard InChI is InChI=1S/C52H37NO/c1-51(2)45-22-12-9-19-39(45)41-28-25-37(32-47(41)51)53(36-27-30-50-44(31-36)43-21-11-14-24-49(43)54-50)38-26-29-42-40-20-10-13-23-46(40)52(48(42)33-38,34-15-5-3-6-16-34)35-17-7-4-8-18-35/h3-33H,1-2H3. The Labute approximate surface area is 315 Å². The van der Waals surface area contributed by atoms with Crippen LogP contribution in [0, 0.1) is 0 Å². The van der Waals surface area contributed by atoms with Crippen LogP contribution >= 0.6 is 0 Å². The number of hydrogen-bond acceptors (Lipinski definition) is 2. The minimum absolute atomic E-state index is 0.131. The number of hydrogen-bond donors (Lipinski definition) is 0. The molecule has 1 aromatic heterocycles. The zero-order valence-electron chi connectivity index (χ0n) is 30.3. The van der Waals surface area contributed by atoms with Gasteiger partial charge in [0.1, 0.15) is 11.2 Å². The van der Waals surface area contributed by atoms with E-state index in [2.05, 4.69) is 201 Å². The Balaban J connectivity index is 1.19. The molecule has 0 amide bonds. The molecular weight excluding hydrogens is 655 g/mol. The van der Waals surface area contributed by atoms with Gasteiger partial charge in [0.25, 0.3) is 0 Å². The second kappa shape index (κ2) is 11.4. The van der Waals surface area contributed by atoms with Crippen LogP contribution in [0.2, 0.25) is 0 Å². The smallest absolute Gasteiger partial charge is 0.135 e. The van der Waals surface area contributed by atoms with Crippen LogP contribution in [0.25, 0.3) is 44.2 Å². The number of benzene rings is 8. The van der Waals surface area contributed by atoms with Crippen molar-refractivity contribution in [3.05, 3.63) is 221 Å². The van der Waals surface area contributed by atoms with E-state index in [1.165, 1.54) is 55.6 Å². The van der Waals surface area contributed by atoms with Crippen LogP contribution < -0.4 is 4.90 Å². The maximum atomic E-state index is 6.33. The molecule has 0 N–H and O–H groups in total. The van der Waals surface area contributed by atoms with Gasteiger partial charge in [-0.3, -0.25) is 0 Å². The molecule has 2 nitrogen and oxygen atoms in total. The van der Waals surface area contributed by atoms with E-state index in [1.54, 1.807) is 0 Å². The summed E-state index contributed by atoms with van der Waals surface area (Å²) < 4.78 is 6.33. The van der Waals surface area contributed by atoms with Crippen LogP contribution in [0.5, 0.6) is 0 Å². The number of furan rings is 1. The highest BCUT2D eigenvalue weighted by molar-refractivity contribution is 6.06. The molecule has 0 fully saturated rings. The molecule has 0 saturated heterocycles. The molecular formula is C52H37NO. The summed E-state index contributed by atoms with van der Waals surface area (Å²) in [5.41, 5.74) is 17.5. The quantitative estimate of drug-likeness (QED) is 0.179. The topological polar surface area (TPSA) is 16.4 Å². The molecule has 0 spiro atoms. The highest BCUT2D eigenvalue weighted by Gasteiger charge is 2.46. The van der Waals surface area contributed by atoms with Crippen LogP contribution in [0.3, 0.4) is 0 Å². The number of nitrogens with zero attached hydrogens (tertiary/aromatic N) is 1. The predicted molar refractivity (Wildman–Crippen MR) is 223 cm³/mol. The van der Waals surface area contributed by atoms with Gasteiger partial charge >= 0.3 is 0 Å². The molecule has 8 aromatic carbocycles. The number of anilines is 3. The van der Waals surface area contributed by atoms with Gasteiger partial charge in [-0.2, -0.15) is 0 Å². The molecule has 11 rings (SSSR count). The molecule has 0 aliphatic heterocycles. The lowest BCUT2D eigenvalue weighted by atomic mass is 9.67. The molecule has 2 aliphatic carbocycles. The predicted octanol–water partition coefficient (Wildman–Crippen LogP) is 13.7. The molecule has 2 heteroatoms. The van der Waals surface area contributed by atoms with Gasteiger partial charge in [0.15, 0.2) is 0 Å². The van der Waals surface area contributed by atoms with Gasteiger partial charge in [-0.1, -0.05) is 153 Å². The lowest BCUT2D eigenvalue weighted by Crippen LogP contribution is -2.28. The number of fused-ring (bicyclic) bond motifs is 9. The lowest BCUT2D eigenvalue weighted by Gasteiger charge is -2.35. The van der Waals surface area contributed by atoms with Crippen molar-refractivity contribution in [2.45, 2.75) is 24.7 Å². The molecule has 54 heavy (non-hydrogen) atoms. The van der Waals surface area contributed by atoms with Crippen molar-refractivity contribution >= 4 is 39.0 Å². The summed E-state index contributed by atoms with van der Waals surface area (Å²) in [7, 11) is 0. The second-order valence-electron chi connectivity index (χ2n) is 15.3. The highest BCUT2D eigenvalue weighted by Crippen LogP contribution is 2.58. The molecule has 0 unspecified atom stereocenters. The fourth-order valence-corrected chi connectivity index (χ4v) is 9.70. The highest BCUT2D eigenvalue weighted by atomic mass is 16.3. The molecule has 0 saturated carbocycles. The van der Waals surface area contributed by atoms with Crippen LogP contribution in [0.4, 0.5) is 17.1 Å². The normalized spacial score (nSPS) is 14.4. The molecule has 0 bridgehead atoms. The van der Waals surface area contributed by atoms with E-state index in [0.717, 1.165) is 39.0 Å². The molecule has 2 aliphatic rings. The van der Waals surface area contributed by atoms with Gasteiger partial charge < -0.3 is 9.32 Å². The van der Waals surface area contributed by atoms with Crippen molar-refractivity contribution in [3.8, 4) is 22.3 Å². The SMILES string of the molecule is CC1(C)c2ccccc2-c2ccc(N(c3ccc4c(c3)C(c3ccccc3)(c3ccccc3)c3ccccc3-4)c3ccc4oc5ccccc5c4c3)cc21. The van der Waals surface area contributed by atoms with Gasteiger partial charge in [-0.15, -0.1) is 0 Å². The minimum Gasteiger partial charge on any atom is -0.456 e. The molecule has 0 radical (unpaired) electrons. The fourth-order valence-electron chi connectivity index (χ4n) is 9.70. The Morgan fingerprint density at radius 2 is 0.852 bits per heavy atom. The average Bonchev–Trinajstić information content (AvgIpc) is 3.82. The third-order valence-electron chi connectivity index (χ3n) is 12.1. The first-order valence-electron chi connectivity index (χ1n) is 18.8. The van der Waals surface area contributed by atoms with Gasteiger partial charge in [-0.05, 0) is 104 Å². The molecule has 1 heterocycles. The van der Waals surface area contributed by atoms with Crippen LogP contribution in [-0.2, 0) is 10.8 Å². The summed E-state index contributed by atoms with van der Waals surface area (Å²) in [5.74, 6) is 0. The number of para-hydroxylation sites is 1. The summed E-state index contributed by atoms with van der Waals surface area (Å²) >= 11 is 0. The third-order valence-corrected chi connectivity index (χ3v) is 12.1. The van der Waals surface area contributed by atoms with Gasteiger partial charge in [-0.25, -0.2) is 0 Å². The van der Waals surface area contributed by atoms with E-state index < -0.39 is 5.41 Å². The fraction of sp³-hybridized carbons (Fsp3) is 0.0769. The van der Waals surface area contributed by atoms with Crippen molar-refractivity contribution in [3.63, 3.8) is 0 Å². The maximum Gasteiger partial charge on any atom is 0.135 e. The van der Waals surface area contributed by atoms with E-state index in [-0.39, 0.29) is 5.41 Å². The summed E-state index contributed by atoms with van der Waals surface area (Å²) in [6.45, 7) is 4.71. The zero-order valence-corrected chi connectivity index (χ0v) is 30.3. The van der Waals surface area contributed by atoms with Gasteiger partial charge in [0.2, 0.25) is 0 Å². The van der Waals surface area contributed by atoms with Crippen LogP contribution in [0.1, 0.15) is 47.2 Å². The first-order chi connectivity index (χ1) is 26.5. The molecule has 256 valence electrons. The van der Waals surface area contributed by atoms with E-state index in [1.807, 2.05) is 6.07 Å². The summed E-state index contributed by atoms with van der Waals surface area (Å²) in [6.07, 6.45) is 0. The summed E-state index contributed by atoms with van der Waals surface area (Å²) in [5, 5.41) is 2.23. The Hall–Kier alpha value is -6.64. The van der Waals surface area contributed by atoms with E-state index in [9.17, 15) is 0 Å². The van der Waals surface area contributed by atoms with E-state index in [0.29, 0.717) is 0 Å². The monoisotopic (exact) mass is 691 g/mol. The molecule has 0 atom stereocenters. The number of rotatable bonds is 5. The minimum atomic E-state index is -0.498. The van der Waals surface area contributed by atoms with E-state index in [4.69, 9.17) is 4.42 Å². The van der Waals surface area contributed by atoms with Crippen molar-refractivity contribution in [1.29, 1.82) is 0 Å². The Morgan fingerprint density at radius 1 is 0.370 bits per heavy atom. The molecule has 9 aromatic rings. The zero-order chi connectivity index (χ0) is 36.0. The van der Waals surface area contributed by atoms with Crippen molar-refractivity contribution in [2.24, 2.45) is 0 Å². The first-order valence-corrected chi connectivity index (χ1v) is 18.8. The van der Waals surface area contributed by atoms with Gasteiger partial charge in [0.05, 0.1) is 5.41 Å². The second-order valence-corrected chi connectivity index (χ2v) is 15.3.